The maximum absolute atomic E-state index is 12.3. The van der Waals surface area contributed by atoms with Crippen molar-refractivity contribution in [2.45, 2.75) is 38.1 Å². The van der Waals surface area contributed by atoms with Crippen LogP contribution in [0.4, 0.5) is 0 Å². The number of rotatable bonds is 2. The van der Waals surface area contributed by atoms with E-state index in [2.05, 4.69) is 15.3 Å². The van der Waals surface area contributed by atoms with Crippen molar-refractivity contribution < 1.29 is 4.79 Å². The van der Waals surface area contributed by atoms with Crippen molar-refractivity contribution in [2.24, 2.45) is 0 Å². The van der Waals surface area contributed by atoms with Gasteiger partial charge in [-0.3, -0.25) is 14.6 Å². The Kier molecular flexibility index (Phi) is 3.50. The number of carbonyl (C=O) groups excluding carboxylic acids is 1. The van der Waals surface area contributed by atoms with Gasteiger partial charge < -0.3 is 10.3 Å². The average molecular weight is 271 g/mol. The molecule has 2 aromatic rings. The maximum atomic E-state index is 12.3. The van der Waals surface area contributed by atoms with E-state index in [1.54, 1.807) is 18.3 Å². The molecule has 3 rings (SSSR count). The highest BCUT2D eigenvalue weighted by Gasteiger charge is 2.19. The van der Waals surface area contributed by atoms with Crippen LogP contribution in [0.25, 0.3) is 11.0 Å². The van der Waals surface area contributed by atoms with E-state index < -0.39 is 0 Å². The molecule has 20 heavy (non-hydrogen) atoms. The Balaban J connectivity index is 1.87. The van der Waals surface area contributed by atoms with Crippen molar-refractivity contribution in [1.29, 1.82) is 0 Å². The third kappa shape index (κ3) is 2.43. The molecular formula is C15H17N3O2. The molecular weight excluding hydrogens is 254 g/mol. The molecule has 0 radical (unpaired) electrons. The molecule has 1 fully saturated rings. The van der Waals surface area contributed by atoms with Crippen LogP contribution in [-0.2, 0) is 0 Å². The number of hydrogen-bond donors (Lipinski definition) is 2. The molecule has 5 nitrogen and oxygen atoms in total. The fourth-order valence-corrected chi connectivity index (χ4v) is 2.72. The fraction of sp³-hybridized carbons (Fsp3) is 0.400. The predicted molar refractivity (Wildman–Crippen MR) is 76.7 cm³/mol. The van der Waals surface area contributed by atoms with E-state index in [0.717, 1.165) is 25.7 Å². The van der Waals surface area contributed by atoms with E-state index >= 15 is 0 Å². The molecule has 0 unspecified atom stereocenters. The zero-order valence-electron chi connectivity index (χ0n) is 11.2. The quantitative estimate of drug-likeness (QED) is 0.877. The molecule has 0 saturated heterocycles. The molecule has 2 heterocycles. The van der Waals surface area contributed by atoms with Gasteiger partial charge in [-0.25, -0.2) is 0 Å². The normalized spacial score (nSPS) is 16.2. The van der Waals surface area contributed by atoms with Crippen molar-refractivity contribution in [3.63, 3.8) is 0 Å². The summed E-state index contributed by atoms with van der Waals surface area (Å²) in [6, 6.07) is 3.71. The molecule has 0 aliphatic heterocycles. The van der Waals surface area contributed by atoms with Crippen LogP contribution in [-0.4, -0.2) is 21.9 Å². The number of H-pyrrole nitrogens is 1. The zero-order chi connectivity index (χ0) is 13.9. The lowest BCUT2D eigenvalue weighted by molar-refractivity contribution is 0.0926. The van der Waals surface area contributed by atoms with E-state index in [9.17, 15) is 9.59 Å². The van der Waals surface area contributed by atoms with E-state index in [1.807, 2.05) is 0 Å². The second kappa shape index (κ2) is 5.45. The summed E-state index contributed by atoms with van der Waals surface area (Å²) in [6.07, 6.45) is 8.53. The minimum atomic E-state index is -0.312. The largest absolute Gasteiger partial charge is 0.359 e. The molecule has 0 spiro atoms. The van der Waals surface area contributed by atoms with Crippen molar-refractivity contribution >= 4 is 16.9 Å². The van der Waals surface area contributed by atoms with Crippen molar-refractivity contribution in [2.75, 3.05) is 0 Å². The second-order valence-corrected chi connectivity index (χ2v) is 5.24. The van der Waals surface area contributed by atoms with Gasteiger partial charge in [0.15, 0.2) is 0 Å². The van der Waals surface area contributed by atoms with Gasteiger partial charge in [0.25, 0.3) is 5.91 Å². The monoisotopic (exact) mass is 271 g/mol. The van der Waals surface area contributed by atoms with Crippen LogP contribution in [0.2, 0.25) is 0 Å². The smallest absolute Gasteiger partial charge is 0.257 e. The number of nitrogens with one attached hydrogen (secondary N) is 2. The van der Waals surface area contributed by atoms with Crippen LogP contribution >= 0.6 is 0 Å². The highest BCUT2D eigenvalue weighted by Crippen LogP contribution is 2.17. The molecule has 5 heteroatoms. The molecule has 0 bridgehead atoms. The van der Waals surface area contributed by atoms with Gasteiger partial charge in [-0.05, 0) is 25.0 Å². The summed E-state index contributed by atoms with van der Waals surface area (Å²) in [7, 11) is 0. The van der Waals surface area contributed by atoms with Crippen LogP contribution in [0, 0.1) is 0 Å². The molecule has 0 atom stereocenters. The first-order valence-corrected chi connectivity index (χ1v) is 7.03. The molecule has 1 aliphatic carbocycles. The van der Waals surface area contributed by atoms with Crippen molar-refractivity contribution in [3.8, 4) is 0 Å². The minimum absolute atomic E-state index is 0.141. The summed E-state index contributed by atoms with van der Waals surface area (Å²) in [5.74, 6) is -0.300. The highest BCUT2D eigenvalue weighted by molar-refractivity contribution is 5.96. The molecule has 0 aromatic carbocycles. The number of pyridine rings is 2. The van der Waals surface area contributed by atoms with Crippen LogP contribution in [0.15, 0.2) is 29.3 Å². The lowest BCUT2D eigenvalue weighted by Crippen LogP contribution is -2.38. The Morgan fingerprint density at radius 3 is 2.90 bits per heavy atom. The molecule has 104 valence electrons. The molecule has 2 N–H and O–H groups in total. The Morgan fingerprint density at radius 1 is 1.30 bits per heavy atom. The van der Waals surface area contributed by atoms with E-state index in [-0.39, 0.29) is 22.9 Å². The van der Waals surface area contributed by atoms with E-state index in [0.29, 0.717) is 11.0 Å². The Morgan fingerprint density at radius 2 is 2.10 bits per heavy atom. The number of carbonyl (C=O) groups is 1. The van der Waals surface area contributed by atoms with Gasteiger partial charge in [0, 0.05) is 18.4 Å². The summed E-state index contributed by atoms with van der Waals surface area (Å²) < 4.78 is 0. The number of hydrogen-bond acceptors (Lipinski definition) is 3. The van der Waals surface area contributed by atoms with Crippen LogP contribution < -0.4 is 10.7 Å². The van der Waals surface area contributed by atoms with Crippen LogP contribution in [0.5, 0.6) is 0 Å². The van der Waals surface area contributed by atoms with Gasteiger partial charge in [0.05, 0.1) is 5.52 Å². The van der Waals surface area contributed by atoms with Crippen molar-refractivity contribution in [3.05, 3.63) is 40.3 Å². The van der Waals surface area contributed by atoms with Gasteiger partial charge >= 0.3 is 0 Å². The first-order chi connectivity index (χ1) is 9.75. The van der Waals surface area contributed by atoms with Crippen LogP contribution in [0.3, 0.4) is 0 Å². The first kappa shape index (κ1) is 12.8. The summed E-state index contributed by atoms with van der Waals surface area (Å²) >= 11 is 0. The summed E-state index contributed by atoms with van der Waals surface area (Å²) in [5.41, 5.74) is 0.782. The van der Waals surface area contributed by atoms with Crippen LogP contribution in [0.1, 0.15) is 42.5 Å². The van der Waals surface area contributed by atoms with E-state index in [1.165, 1.54) is 12.6 Å². The number of amides is 1. The molecule has 1 aliphatic rings. The third-order valence-corrected chi connectivity index (χ3v) is 3.82. The fourth-order valence-electron chi connectivity index (χ4n) is 2.72. The number of aromatic nitrogens is 2. The van der Waals surface area contributed by atoms with Gasteiger partial charge in [-0.15, -0.1) is 0 Å². The highest BCUT2D eigenvalue weighted by atomic mass is 16.2. The Hall–Kier alpha value is -2.17. The number of fused-ring (bicyclic) bond motifs is 1. The van der Waals surface area contributed by atoms with Gasteiger partial charge in [0.2, 0.25) is 5.43 Å². The summed E-state index contributed by atoms with van der Waals surface area (Å²) in [4.78, 5) is 31.5. The van der Waals surface area contributed by atoms with E-state index in [4.69, 9.17) is 0 Å². The molecule has 1 saturated carbocycles. The second-order valence-electron chi connectivity index (χ2n) is 5.24. The first-order valence-electron chi connectivity index (χ1n) is 7.03. The third-order valence-electron chi connectivity index (χ3n) is 3.82. The zero-order valence-corrected chi connectivity index (χ0v) is 11.2. The standard InChI is InChI=1S/C15H17N3O2/c19-14-11(9-17-12-7-4-8-16-13(12)14)15(20)18-10-5-2-1-3-6-10/h4,7-10H,1-3,5-6H2,(H,17,19)(H,18,20). The Bertz CT molecular complexity index is 687. The lowest BCUT2D eigenvalue weighted by Gasteiger charge is -2.22. The maximum Gasteiger partial charge on any atom is 0.257 e. The lowest BCUT2D eigenvalue weighted by atomic mass is 9.95. The number of aromatic amines is 1. The summed E-state index contributed by atoms with van der Waals surface area (Å²) in [5, 5.41) is 2.95. The molecule has 2 aromatic heterocycles. The Labute approximate surface area is 116 Å². The SMILES string of the molecule is O=C(NC1CCCCC1)c1c[nH]c2cccnc2c1=O. The van der Waals surface area contributed by atoms with Gasteiger partial charge in [0.1, 0.15) is 11.1 Å². The van der Waals surface area contributed by atoms with Gasteiger partial charge in [-0.2, -0.15) is 0 Å². The summed E-state index contributed by atoms with van der Waals surface area (Å²) in [6.45, 7) is 0. The average Bonchev–Trinajstić information content (AvgIpc) is 2.49. The van der Waals surface area contributed by atoms with Crippen molar-refractivity contribution in [1.82, 2.24) is 15.3 Å². The molecule has 1 amide bonds. The van der Waals surface area contributed by atoms with Gasteiger partial charge in [-0.1, -0.05) is 19.3 Å². The topological polar surface area (TPSA) is 74.8 Å². The number of nitrogens with zero attached hydrogens (tertiary/aromatic N) is 1. The minimum Gasteiger partial charge on any atom is -0.359 e. The predicted octanol–water partition coefficient (Wildman–Crippen LogP) is 1.99.